The normalized spacial score (nSPS) is 11.2. The van der Waals surface area contributed by atoms with Crippen LogP contribution in [0.1, 0.15) is 5.56 Å². The first-order chi connectivity index (χ1) is 7.07. The van der Waals surface area contributed by atoms with Gasteiger partial charge in [0.05, 0.1) is 0 Å². The molecule has 0 spiro atoms. The van der Waals surface area contributed by atoms with E-state index in [1.807, 2.05) is 0 Å². The number of halogens is 1. The molecule has 3 nitrogen and oxygen atoms in total. The highest BCUT2D eigenvalue weighted by Crippen LogP contribution is 2.23. The predicted octanol–water partition coefficient (Wildman–Crippen LogP) is 2.51. The maximum absolute atomic E-state index is 10.8. The molecule has 0 atom stereocenters. The van der Waals surface area contributed by atoms with E-state index < -0.39 is 5.97 Å². The van der Waals surface area contributed by atoms with E-state index in [-0.39, 0.29) is 5.71 Å². The van der Waals surface area contributed by atoms with Crippen LogP contribution >= 0.6 is 11.6 Å². The number of carboxylic acids is 1. The molecule has 0 saturated carbocycles. The zero-order chi connectivity index (χ0) is 11.4. The maximum Gasteiger partial charge on any atom is 0.354 e. The Balaban J connectivity index is 3.16. The van der Waals surface area contributed by atoms with Crippen LogP contribution in [-0.4, -0.2) is 23.8 Å². The van der Waals surface area contributed by atoms with Crippen molar-refractivity contribution in [2.75, 3.05) is 7.05 Å². The van der Waals surface area contributed by atoms with Crippen LogP contribution in [0.15, 0.2) is 35.8 Å². The van der Waals surface area contributed by atoms with Crippen molar-refractivity contribution in [3.8, 4) is 0 Å². The average molecular weight is 224 g/mol. The summed E-state index contributed by atoms with van der Waals surface area (Å²) in [6, 6.07) is 6.92. The molecule has 0 bridgehead atoms. The molecule has 0 aliphatic carbocycles. The Morgan fingerprint density at radius 2 is 2.07 bits per heavy atom. The molecule has 4 heteroatoms. The summed E-state index contributed by atoms with van der Waals surface area (Å²) < 4.78 is 0. The molecule has 15 heavy (non-hydrogen) atoms. The van der Waals surface area contributed by atoms with Crippen molar-refractivity contribution >= 4 is 28.9 Å². The fourth-order valence-corrected chi connectivity index (χ4v) is 1.44. The minimum absolute atomic E-state index is 0.0805. The molecule has 0 aliphatic heterocycles. The monoisotopic (exact) mass is 223 g/mol. The van der Waals surface area contributed by atoms with Crippen molar-refractivity contribution in [2.45, 2.75) is 0 Å². The Hall–Kier alpha value is -1.61. The summed E-state index contributed by atoms with van der Waals surface area (Å²) in [5.74, 6) is -1.11. The van der Waals surface area contributed by atoms with Crippen molar-refractivity contribution < 1.29 is 9.90 Å². The van der Waals surface area contributed by atoms with E-state index in [0.29, 0.717) is 16.2 Å². The first-order valence-electron chi connectivity index (χ1n) is 4.22. The van der Waals surface area contributed by atoms with Crippen LogP contribution < -0.4 is 0 Å². The van der Waals surface area contributed by atoms with Gasteiger partial charge in [0.25, 0.3) is 0 Å². The third-order valence-electron chi connectivity index (χ3n) is 1.91. The molecule has 0 aromatic heterocycles. The SMILES string of the molecule is C=C(/C(=N\C)C(=O)O)c1ccccc1Cl. The molecule has 0 fully saturated rings. The number of benzene rings is 1. The fourth-order valence-electron chi connectivity index (χ4n) is 1.19. The van der Waals surface area contributed by atoms with Crippen molar-refractivity contribution in [1.29, 1.82) is 0 Å². The molecular formula is C11H10ClNO2. The summed E-state index contributed by atoms with van der Waals surface area (Å²) in [5, 5.41) is 9.32. The minimum Gasteiger partial charge on any atom is -0.477 e. The largest absolute Gasteiger partial charge is 0.477 e. The quantitative estimate of drug-likeness (QED) is 0.801. The van der Waals surface area contributed by atoms with Gasteiger partial charge in [-0.05, 0) is 6.07 Å². The van der Waals surface area contributed by atoms with Crippen LogP contribution in [0.3, 0.4) is 0 Å². The lowest BCUT2D eigenvalue weighted by molar-refractivity contribution is -0.129. The zero-order valence-electron chi connectivity index (χ0n) is 8.20. The molecule has 0 radical (unpaired) electrons. The molecule has 1 aromatic carbocycles. The predicted molar refractivity (Wildman–Crippen MR) is 61.5 cm³/mol. The van der Waals surface area contributed by atoms with Gasteiger partial charge in [0.2, 0.25) is 0 Å². The first kappa shape index (κ1) is 11.5. The second-order valence-corrected chi connectivity index (χ2v) is 3.24. The number of aliphatic carboxylic acids is 1. The lowest BCUT2D eigenvalue weighted by atomic mass is 10.0. The Morgan fingerprint density at radius 3 is 2.53 bits per heavy atom. The van der Waals surface area contributed by atoms with Gasteiger partial charge in [-0.25, -0.2) is 4.79 Å². The van der Waals surface area contributed by atoms with Gasteiger partial charge in [-0.1, -0.05) is 36.4 Å². The highest BCUT2D eigenvalue weighted by atomic mass is 35.5. The Labute approximate surface area is 92.7 Å². The van der Waals surface area contributed by atoms with Crippen LogP contribution in [0.5, 0.6) is 0 Å². The van der Waals surface area contributed by atoms with Gasteiger partial charge in [0, 0.05) is 23.2 Å². The smallest absolute Gasteiger partial charge is 0.354 e. The maximum atomic E-state index is 10.8. The van der Waals surface area contributed by atoms with Crippen molar-refractivity contribution in [3.05, 3.63) is 41.4 Å². The number of hydrogen-bond acceptors (Lipinski definition) is 2. The van der Waals surface area contributed by atoms with E-state index >= 15 is 0 Å². The fraction of sp³-hybridized carbons (Fsp3) is 0.0909. The van der Waals surface area contributed by atoms with Crippen LogP contribution in [0.2, 0.25) is 5.02 Å². The number of carbonyl (C=O) groups is 1. The summed E-state index contributed by atoms with van der Waals surface area (Å²) in [6.45, 7) is 3.68. The third-order valence-corrected chi connectivity index (χ3v) is 2.24. The number of carboxylic acid groups (broad SMARTS) is 1. The van der Waals surface area contributed by atoms with Crippen LogP contribution in [0, 0.1) is 0 Å². The Kier molecular flexibility index (Phi) is 3.63. The van der Waals surface area contributed by atoms with Crippen molar-refractivity contribution in [1.82, 2.24) is 0 Å². The molecule has 1 rings (SSSR count). The molecule has 1 aromatic rings. The summed E-state index contributed by atoms with van der Waals surface area (Å²) in [4.78, 5) is 14.5. The van der Waals surface area contributed by atoms with Gasteiger partial charge in [0.1, 0.15) is 5.71 Å². The zero-order valence-corrected chi connectivity index (χ0v) is 8.95. The number of aliphatic imine (C=N–C) groups is 1. The van der Waals surface area contributed by atoms with Crippen LogP contribution in [-0.2, 0) is 4.79 Å². The van der Waals surface area contributed by atoms with Gasteiger partial charge in [0.15, 0.2) is 0 Å². The lowest BCUT2D eigenvalue weighted by Crippen LogP contribution is -2.14. The molecule has 0 amide bonds. The number of rotatable bonds is 3. The van der Waals surface area contributed by atoms with E-state index in [9.17, 15) is 4.79 Å². The van der Waals surface area contributed by atoms with Gasteiger partial charge < -0.3 is 5.11 Å². The summed E-state index contributed by atoms with van der Waals surface area (Å²) in [7, 11) is 1.41. The minimum atomic E-state index is -1.11. The second kappa shape index (κ2) is 4.75. The summed E-state index contributed by atoms with van der Waals surface area (Å²) in [5.41, 5.74) is 0.820. The summed E-state index contributed by atoms with van der Waals surface area (Å²) >= 11 is 5.92. The van der Waals surface area contributed by atoms with Crippen molar-refractivity contribution in [2.24, 2.45) is 4.99 Å². The topological polar surface area (TPSA) is 49.7 Å². The molecule has 0 aliphatic rings. The Bertz CT molecular complexity index is 438. The van der Waals surface area contributed by atoms with Gasteiger partial charge in [-0.2, -0.15) is 0 Å². The van der Waals surface area contributed by atoms with E-state index in [1.165, 1.54) is 7.05 Å². The lowest BCUT2D eigenvalue weighted by Gasteiger charge is -2.06. The van der Waals surface area contributed by atoms with Crippen LogP contribution in [0.25, 0.3) is 5.57 Å². The molecule has 0 heterocycles. The standard InChI is InChI=1S/C11H10ClNO2/c1-7(10(13-2)11(14)15)8-5-3-4-6-9(8)12/h3-6H,1H2,2H3,(H,14,15)/b13-10+. The average Bonchev–Trinajstić information content (AvgIpc) is 2.18. The number of hydrogen-bond donors (Lipinski definition) is 1. The molecular weight excluding hydrogens is 214 g/mol. The highest BCUT2D eigenvalue weighted by molar-refractivity contribution is 6.54. The molecule has 0 unspecified atom stereocenters. The van der Waals surface area contributed by atoms with E-state index in [4.69, 9.17) is 16.7 Å². The van der Waals surface area contributed by atoms with Gasteiger partial charge in [-0.15, -0.1) is 0 Å². The Morgan fingerprint density at radius 1 is 1.47 bits per heavy atom. The van der Waals surface area contributed by atoms with E-state index in [2.05, 4.69) is 11.6 Å². The highest BCUT2D eigenvalue weighted by Gasteiger charge is 2.15. The molecule has 1 N–H and O–H groups in total. The van der Waals surface area contributed by atoms with E-state index in [0.717, 1.165) is 0 Å². The van der Waals surface area contributed by atoms with Gasteiger partial charge >= 0.3 is 5.97 Å². The van der Waals surface area contributed by atoms with Gasteiger partial charge in [-0.3, -0.25) is 4.99 Å². The third kappa shape index (κ3) is 2.44. The molecule has 78 valence electrons. The molecule has 0 saturated heterocycles. The summed E-state index contributed by atoms with van der Waals surface area (Å²) in [6.07, 6.45) is 0. The van der Waals surface area contributed by atoms with Crippen LogP contribution in [0.4, 0.5) is 0 Å². The van der Waals surface area contributed by atoms with E-state index in [1.54, 1.807) is 24.3 Å². The van der Waals surface area contributed by atoms with Crippen molar-refractivity contribution in [3.63, 3.8) is 0 Å². The second-order valence-electron chi connectivity index (χ2n) is 2.84. The first-order valence-corrected chi connectivity index (χ1v) is 4.60. The number of nitrogens with zero attached hydrogens (tertiary/aromatic N) is 1.